The molecule has 0 heterocycles. The van der Waals surface area contributed by atoms with Crippen LogP contribution in [0.25, 0.3) is 0 Å². The number of aliphatic hydroxyl groups excluding tert-OH is 1. The largest absolute Gasteiger partial charge is 0.393 e. The second-order valence-electron chi connectivity index (χ2n) is 8.31. The Morgan fingerprint density at radius 1 is 1.00 bits per heavy atom. The monoisotopic (exact) mass is 236 g/mol. The molecule has 3 aliphatic rings. The zero-order valence-corrected chi connectivity index (χ0v) is 12.0. The third-order valence-electron chi connectivity index (χ3n) is 6.99. The van der Waals surface area contributed by atoms with E-state index in [9.17, 15) is 5.11 Å². The highest BCUT2D eigenvalue weighted by Gasteiger charge is 2.66. The SMILES string of the molecule is CC1CC2C(O)C3CC(C)(C)CC3C2(C)C1C. The molecule has 7 unspecified atom stereocenters. The van der Waals surface area contributed by atoms with Crippen molar-refractivity contribution in [3.63, 3.8) is 0 Å². The van der Waals surface area contributed by atoms with Gasteiger partial charge in [0.1, 0.15) is 0 Å². The molecule has 1 nitrogen and oxygen atoms in total. The Morgan fingerprint density at radius 3 is 2.29 bits per heavy atom. The summed E-state index contributed by atoms with van der Waals surface area (Å²) in [5, 5.41) is 10.7. The molecule has 3 rings (SSSR count). The summed E-state index contributed by atoms with van der Waals surface area (Å²) in [5.74, 6) is 3.53. The van der Waals surface area contributed by atoms with Gasteiger partial charge in [-0.3, -0.25) is 0 Å². The molecule has 3 saturated carbocycles. The second kappa shape index (κ2) is 3.29. The minimum absolute atomic E-state index is 0.0147. The average molecular weight is 236 g/mol. The first-order valence-corrected chi connectivity index (χ1v) is 7.45. The lowest BCUT2D eigenvalue weighted by Gasteiger charge is -2.38. The molecule has 0 aromatic heterocycles. The van der Waals surface area contributed by atoms with E-state index >= 15 is 0 Å². The van der Waals surface area contributed by atoms with E-state index in [4.69, 9.17) is 0 Å². The number of fused-ring (bicyclic) bond motifs is 3. The molecule has 0 bridgehead atoms. The van der Waals surface area contributed by atoms with Crippen LogP contribution in [-0.2, 0) is 0 Å². The summed E-state index contributed by atoms with van der Waals surface area (Å²) in [6.45, 7) is 12.1. The highest BCUT2D eigenvalue weighted by Crippen LogP contribution is 2.69. The number of aliphatic hydroxyl groups is 1. The molecule has 3 aliphatic carbocycles. The first-order chi connectivity index (χ1) is 7.77. The fourth-order valence-electron chi connectivity index (χ4n) is 5.88. The van der Waals surface area contributed by atoms with E-state index < -0.39 is 0 Å². The Balaban J connectivity index is 1.98. The fourth-order valence-corrected chi connectivity index (χ4v) is 5.88. The zero-order chi connectivity index (χ0) is 12.6. The molecule has 0 saturated heterocycles. The molecular weight excluding hydrogens is 208 g/mol. The van der Waals surface area contributed by atoms with Gasteiger partial charge in [-0.15, -0.1) is 0 Å². The third kappa shape index (κ3) is 1.35. The smallest absolute Gasteiger partial charge is 0.0605 e. The predicted molar refractivity (Wildman–Crippen MR) is 70.5 cm³/mol. The summed E-state index contributed by atoms with van der Waals surface area (Å²) in [6.07, 6.45) is 3.82. The van der Waals surface area contributed by atoms with Crippen molar-refractivity contribution in [2.75, 3.05) is 0 Å². The van der Waals surface area contributed by atoms with E-state index in [1.807, 2.05) is 0 Å². The van der Waals surface area contributed by atoms with Gasteiger partial charge in [0.15, 0.2) is 0 Å². The van der Waals surface area contributed by atoms with Crippen LogP contribution >= 0.6 is 0 Å². The van der Waals surface area contributed by atoms with Crippen molar-refractivity contribution in [2.45, 2.75) is 60.0 Å². The van der Waals surface area contributed by atoms with Crippen molar-refractivity contribution in [1.29, 1.82) is 0 Å². The van der Waals surface area contributed by atoms with Gasteiger partial charge in [0.2, 0.25) is 0 Å². The van der Waals surface area contributed by atoms with Crippen LogP contribution in [0.15, 0.2) is 0 Å². The van der Waals surface area contributed by atoms with Gasteiger partial charge in [-0.25, -0.2) is 0 Å². The van der Waals surface area contributed by atoms with Gasteiger partial charge in [-0.1, -0.05) is 34.6 Å². The van der Waals surface area contributed by atoms with Gasteiger partial charge in [-0.05, 0) is 59.7 Å². The maximum atomic E-state index is 10.7. The Morgan fingerprint density at radius 2 is 1.65 bits per heavy atom. The van der Waals surface area contributed by atoms with Crippen LogP contribution in [0.4, 0.5) is 0 Å². The average Bonchev–Trinajstić information content (AvgIpc) is 2.73. The number of hydrogen-bond acceptors (Lipinski definition) is 1. The van der Waals surface area contributed by atoms with Crippen molar-refractivity contribution in [3.05, 3.63) is 0 Å². The van der Waals surface area contributed by atoms with E-state index in [-0.39, 0.29) is 6.10 Å². The Hall–Kier alpha value is -0.0400. The van der Waals surface area contributed by atoms with Crippen LogP contribution < -0.4 is 0 Å². The minimum Gasteiger partial charge on any atom is -0.393 e. The lowest BCUT2D eigenvalue weighted by Crippen LogP contribution is -2.33. The van der Waals surface area contributed by atoms with Gasteiger partial charge >= 0.3 is 0 Å². The molecule has 3 fully saturated rings. The lowest BCUT2D eigenvalue weighted by atomic mass is 9.67. The maximum Gasteiger partial charge on any atom is 0.0605 e. The van der Waals surface area contributed by atoms with Crippen LogP contribution in [0, 0.1) is 40.4 Å². The topological polar surface area (TPSA) is 20.2 Å². The molecule has 1 N–H and O–H groups in total. The Labute approximate surface area is 106 Å². The van der Waals surface area contributed by atoms with E-state index in [1.165, 1.54) is 19.3 Å². The molecule has 0 aromatic rings. The van der Waals surface area contributed by atoms with Crippen LogP contribution in [0.2, 0.25) is 0 Å². The number of hydrogen-bond donors (Lipinski definition) is 1. The second-order valence-corrected chi connectivity index (χ2v) is 8.31. The summed E-state index contributed by atoms with van der Waals surface area (Å²) in [6, 6.07) is 0. The zero-order valence-electron chi connectivity index (χ0n) is 12.0. The van der Waals surface area contributed by atoms with Crippen LogP contribution in [0.3, 0.4) is 0 Å². The fraction of sp³-hybridized carbons (Fsp3) is 1.00. The standard InChI is InChI=1S/C16H28O/c1-9-6-12-14(17)11-7-15(3,4)8-13(11)16(12,5)10(9)2/h9-14,17H,6-8H2,1-5H3. The molecular formula is C16H28O. The highest BCUT2D eigenvalue weighted by molar-refractivity contribution is 5.14. The van der Waals surface area contributed by atoms with Crippen molar-refractivity contribution >= 4 is 0 Å². The molecule has 0 aliphatic heterocycles. The van der Waals surface area contributed by atoms with Gasteiger partial charge in [0.25, 0.3) is 0 Å². The Bertz CT molecular complexity index is 334. The molecule has 17 heavy (non-hydrogen) atoms. The molecule has 0 aromatic carbocycles. The highest BCUT2D eigenvalue weighted by atomic mass is 16.3. The summed E-state index contributed by atoms with van der Waals surface area (Å²) in [7, 11) is 0. The summed E-state index contributed by atoms with van der Waals surface area (Å²) < 4.78 is 0. The van der Waals surface area contributed by atoms with E-state index in [0.29, 0.717) is 22.7 Å². The van der Waals surface area contributed by atoms with Crippen molar-refractivity contribution in [1.82, 2.24) is 0 Å². The van der Waals surface area contributed by atoms with Gasteiger partial charge < -0.3 is 5.11 Å². The van der Waals surface area contributed by atoms with Gasteiger partial charge in [0, 0.05) is 0 Å². The predicted octanol–water partition coefficient (Wildman–Crippen LogP) is 3.71. The molecule has 0 spiro atoms. The van der Waals surface area contributed by atoms with Gasteiger partial charge in [-0.2, -0.15) is 0 Å². The van der Waals surface area contributed by atoms with E-state index in [2.05, 4.69) is 34.6 Å². The molecule has 0 amide bonds. The first kappa shape index (κ1) is 12.0. The van der Waals surface area contributed by atoms with Crippen molar-refractivity contribution in [3.8, 4) is 0 Å². The summed E-state index contributed by atoms with van der Waals surface area (Å²) >= 11 is 0. The third-order valence-corrected chi connectivity index (χ3v) is 6.99. The van der Waals surface area contributed by atoms with Crippen LogP contribution in [0.1, 0.15) is 53.9 Å². The quantitative estimate of drug-likeness (QED) is 0.680. The lowest BCUT2D eigenvalue weighted by molar-refractivity contribution is 0.0562. The summed E-state index contributed by atoms with van der Waals surface area (Å²) in [5.41, 5.74) is 0.868. The van der Waals surface area contributed by atoms with Crippen LogP contribution in [-0.4, -0.2) is 11.2 Å². The molecule has 98 valence electrons. The van der Waals surface area contributed by atoms with Crippen molar-refractivity contribution in [2.24, 2.45) is 40.4 Å². The molecule has 1 heteroatoms. The first-order valence-electron chi connectivity index (χ1n) is 7.45. The minimum atomic E-state index is -0.0147. The Kier molecular flexibility index (Phi) is 2.32. The number of rotatable bonds is 0. The maximum absolute atomic E-state index is 10.7. The normalized spacial score (nSPS) is 60.4. The van der Waals surface area contributed by atoms with Crippen LogP contribution in [0.5, 0.6) is 0 Å². The van der Waals surface area contributed by atoms with Crippen molar-refractivity contribution < 1.29 is 5.11 Å². The van der Waals surface area contributed by atoms with Gasteiger partial charge in [0.05, 0.1) is 6.10 Å². The van der Waals surface area contributed by atoms with E-state index in [0.717, 1.165) is 17.8 Å². The summed E-state index contributed by atoms with van der Waals surface area (Å²) in [4.78, 5) is 0. The molecule has 7 atom stereocenters. The van der Waals surface area contributed by atoms with E-state index in [1.54, 1.807) is 0 Å². The molecule has 0 radical (unpaired) electrons.